The zero-order valence-electron chi connectivity index (χ0n) is 9.80. The molecule has 2 rings (SSSR count). The second kappa shape index (κ2) is 3.63. The van der Waals surface area contributed by atoms with E-state index < -0.39 is 0 Å². The lowest BCUT2D eigenvalue weighted by Crippen LogP contribution is -2.27. The van der Waals surface area contributed by atoms with Gasteiger partial charge in [0, 0.05) is 5.69 Å². The highest BCUT2D eigenvalue weighted by atomic mass is 16.3. The Balaban J connectivity index is 2.25. The van der Waals surface area contributed by atoms with E-state index in [4.69, 9.17) is 0 Å². The van der Waals surface area contributed by atoms with Gasteiger partial charge >= 0.3 is 0 Å². The van der Waals surface area contributed by atoms with Gasteiger partial charge in [0.25, 0.3) is 0 Å². The van der Waals surface area contributed by atoms with E-state index in [1.165, 1.54) is 17.7 Å². The highest BCUT2D eigenvalue weighted by molar-refractivity contribution is 5.28. The first-order valence-corrected chi connectivity index (χ1v) is 5.68. The fourth-order valence-corrected chi connectivity index (χ4v) is 2.43. The Morgan fingerprint density at radius 2 is 2.20 bits per heavy atom. The Labute approximate surface area is 90.9 Å². The van der Waals surface area contributed by atoms with E-state index in [1.54, 1.807) is 0 Å². The van der Waals surface area contributed by atoms with E-state index >= 15 is 0 Å². The fourth-order valence-electron chi connectivity index (χ4n) is 2.43. The summed E-state index contributed by atoms with van der Waals surface area (Å²) in [6.07, 6.45) is 3.36. The predicted octanol–water partition coefficient (Wildman–Crippen LogP) is 2.05. The summed E-state index contributed by atoms with van der Waals surface area (Å²) in [6, 6.07) is 0. The number of hydrogen-bond acceptors (Lipinski definition) is 2. The molecule has 15 heavy (non-hydrogen) atoms. The highest BCUT2D eigenvalue weighted by Crippen LogP contribution is 2.37. The number of rotatable bonds is 1. The SMILES string of the molecule is CC(C)(C)[C@@H]1CCc2[nH]nc(CO)c2C1. The molecule has 0 amide bonds. The molecule has 1 aromatic rings. The molecular weight excluding hydrogens is 188 g/mol. The third-order valence-corrected chi connectivity index (χ3v) is 3.61. The molecule has 0 aromatic carbocycles. The number of aromatic amines is 1. The summed E-state index contributed by atoms with van der Waals surface area (Å²) in [6.45, 7) is 6.94. The minimum absolute atomic E-state index is 0.0582. The molecule has 1 aliphatic rings. The van der Waals surface area contributed by atoms with E-state index in [1.807, 2.05) is 0 Å². The summed E-state index contributed by atoms with van der Waals surface area (Å²) >= 11 is 0. The van der Waals surface area contributed by atoms with Crippen LogP contribution in [0.15, 0.2) is 0 Å². The lowest BCUT2D eigenvalue weighted by atomic mass is 9.71. The van der Waals surface area contributed by atoms with Crippen LogP contribution in [0.1, 0.15) is 44.1 Å². The second-order valence-electron chi connectivity index (χ2n) is 5.59. The van der Waals surface area contributed by atoms with Gasteiger partial charge in [-0.05, 0) is 36.2 Å². The highest BCUT2D eigenvalue weighted by Gasteiger charge is 2.30. The molecule has 1 aliphatic carbocycles. The first-order valence-electron chi connectivity index (χ1n) is 5.68. The topological polar surface area (TPSA) is 48.9 Å². The summed E-state index contributed by atoms with van der Waals surface area (Å²) < 4.78 is 0. The van der Waals surface area contributed by atoms with Gasteiger partial charge in [-0.15, -0.1) is 0 Å². The number of nitrogens with zero attached hydrogens (tertiary/aromatic N) is 1. The molecule has 0 unspecified atom stereocenters. The van der Waals surface area contributed by atoms with Gasteiger partial charge < -0.3 is 5.11 Å². The Morgan fingerprint density at radius 1 is 1.47 bits per heavy atom. The van der Waals surface area contributed by atoms with E-state index in [9.17, 15) is 5.11 Å². The molecule has 0 saturated heterocycles. The standard InChI is InChI=1S/C12H20N2O/c1-12(2,3)8-4-5-10-9(6-8)11(7-15)14-13-10/h8,15H,4-7H2,1-3H3,(H,13,14)/t8-/m1/s1. The van der Waals surface area contributed by atoms with Gasteiger partial charge in [-0.1, -0.05) is 20.8 Å². The largest absolute Gasteiger partial charge is 0.390 e. The normalized spacial score (nSPS) is 21.5. The van der Waals surface area contributed by atoms with Crippen molar-refractivity contribution in [2.24, 2.45) is 11.3 Å². The number of aliphatic hydroxyl groups is 1. The number of aromatic nitrogens is 2. The van der Waals surface area contributed by atoms with Crippen molar-refractivity contribution < 1.29 is 5.11 Å². The first-order chi connectivity index (χ1) is 7.02. The summed E-state index contributed by atoms with van der Waals surface area (Å²) in [5.41, 5.74) is 3.70. The average molecular weight is 208 g/mol. The van der Waals surface area contributed by atoms with Gasteiger partial charge in [0.15, 0.2) is 0 Å². The van der Waals surface area contributed by atoms with Crippen LogP contribution in [0.4, 0.5) is 0 Å². The van der Waals surface area contributed by atoms with E-state index in [0.717, 1.165) is 18.5 Å². The number of aliphatic hydroxyl groups excluding tert-OH is 1. The number of hydrogen-bond donors (Lipinski definition) is 2. The van der Waals surface area contributed by atoms with Gasteiger partial charge in [-0.2, -0.15) is 5.10 Å². The number of fused-ring (bicyclic) bond motifs is 1. The zero-order chi connectivity index (χ0) is 11.1. The number of nitrogens with one attached hydrogen (secondary N) is 1. The van der Waals surface area contributed by atoms with Crippen LogP contribution in [0.2, 0.25) is 0 Å². The molecule has 1 heterocycles. The summed E-state index contributed by atoms with van der Waals surface area (Å²) in [5, 5.41) is 16.4. The van der Waals surface area contributed by atoms with E-state index in [-0.39, 0.29) is 6.61 Å². The Hall–Kier alpha value is -0.830. The molecule has 0 saturated carbocycles. The Bertz CT molecular complexity index is 335. The molecule has 1 atom stereocenters. The molecule has 0 radical (unpaired) electrons. The van der Waals surface area contributed by atoms with Crippen LogP contribution in [0, 0.1) is 11.3 Å². The lowest BCUT2D eigenvalue weighted by molar-refractivity contribution is 0.213. The molecule has 2 N–H and O–H groups in total. The smallest absolute Gasteiger partial charge is 0.0911 e. The van der Waals surface area contributed by atoms with E-state index in [2.05, 4.69) is 31.0 Å². The lowest BCUT2D eigenvalue weighted by Gasteiger charge is -2.33. The van der Waals surface area contributed by atoms with Crippen LogP contribution < -0.4 is 0 Å². The van der Waals surface area contributed by atoms with Crippen molar-refractivity contribution in [1.82, 2.24) is 10.2 Å². The molecule has 0 aliphatic heterocycles. The number of H-pyrrole nitrogens is 1. The maximum absolute atomic E-state index is 9.19. The molecule has 0 spiro atoms. The molecule has 1 aromatic heterocycles. The maximum atomic E-state index is 9.19. The molecule has 84 valence electrons. The van der Waals surface area contributed by atoms with Crippen molar-refractivity contribution in [2.75, 3.05) is 0 Å². The molecule has 3 nitrogen and oxygen atoms in total. The van der Waals surface area contributed by atoms with Crippen molar-refractivity contribution in [3.63, 3.8) is 0 Å². The quantitative estimate of drug-likeness (QED) is 0.742. The van der Waals surface area contributed by atoms with Crippen LogP contribution in [-0.4, -0.2) is 15.3 Å². The number of aryl methyl sites for hydroxylation is 1. The summed E-state index contributed by atoms with van der Waals surface area (Å²) in [5.74, 6) is 0.702. The van der Waals surface area contributed by atoms with Crippen LogP contribution in [0.3, 0.4) is 0 Å². The van der Waals surface area contributed by atoms with Gasteiger partial charge in [0.05, 0.1) is 12.3 Å². The van der Waals surface area contributed by atoms with Gasteiger partial charge in [-0.25, -0.2) is 0 Å². The monoisotopic (exact) mass is 208 g/mol. The van der Waals surface area contributed by atoms with E-state index in [0.29, 0.717) is 11.3 Å². The molecular formula is C12H20N2O. The summed E-state index contributed by atoms with van der Waals surface area (Å²) in [4.78, 5) is 0. The van der Waals surface area contributed by atoms with Crippen molar-refractivity contribution in [3.8, 4) is 0 Å². The van der Waals surface area contributed by atoms with Gasteiger partial charge in [-0.3, -0.25) is 5.10 Å². The third kappa shape index (κ3) is 1.93. The maximum Gasteiger partial charge on any atom is 0.0911 e. The molecule has 0 fully saturated rings. The Morgan fingerprint density at radius 3 is 2.80 bits per heavy atom. The van der Waals surface area contributed by atoms with Crippen LogP contribution >= 0.6 is 0 Å². The van der Waals surface area contributed by atoms with Crippen molar-refractivity contribution in [3.05, 3.63) is 17.0 Å². The minimum Gasteiger partial charge on any atom is -0.390 e. The van der Waals surface area contributed by atoms with Gasteiger partial charge in [0.2, 0.25) is 0 Å². The zero-order valence-corrected chi connectivity index (χ0v) is 9.80. The van der Waals surface area contributed by atoms with Crippen molar-refractivity contribution in [2.45, 2.75) is 46.6 Å². The van der Waals surface area contributed by atoms with Crippen LogP contribution in [-0.2, 0) is 19.4 Å². The third-order valence-electron chi connectivity index (χ3n) is 3.61. The van der Waals surface area contributed by atoms with Crippen molar-refractivity contribution >= 4 is 0 Å². The molecule has 0 bridgehead atoms. The minimum atomic E-state index is 0.0582. The molecule has 3 heteroatoms. The predicted molar refractivity (Wildman–Crippen MR) is 59.5 cm³/mol. The Kier molecular flexibility index (Phi) is 2.59. The first kappa shape index (κ1) is 10.7. The summed E-state index contributed by atoms with van der Waals surface area (Å²) in [7, 11) is 0. The van der Waals surface area contributed by atoms with Crippen LogP contribution in [0.5, 0.6) is 0 Å². The van der Waals surface area contributed by atoms with Crippen molar-refractivity contribution in [1.29, 1.82) is 0 Å². The second-order valence-corrected chi connectivity index (χ2v) is 5.59. The average Bonchev–Trinajstić information content (AvgIpc) is 2.57. The van der Waals surface area contributed by atoms with Crippen LogP contribution in [0.25, 0.3) is 0 Å². The van der Waals surface area contributed by atoms with Gasteiger partial charge in [0.1, 0.15) is 0 Å². The fraction of sp³-hybridized carbons (Fsp3) is 0.750.